The van der Waals surface area contributed by atoms with E-state index in [1.54, 1.807) is 0 Å². The van der Waals surface area contributed by atoms with Crippen LogP contribution < -0.4 is 16.0 Å². The molecule has 1 aliphatic heterocycles. The fourth-order valence-electron chi connectivity index (χ4n) is 4.01. The number of hydrogen-bond acceptors (Lipinski definition) is 6. The van der Waals surface area contributed by atoms with E-state index in [0.717, 1.165) is 24.7 Å². The van der Waals surface area contributed by atoms with Crippen LogP contribution in [0.4, 0.5) is 17.6 Å². The molecule has 2 aromatic heterocycles. The zero-order valence-electron chi connectivity index (χ0n) is 13.9. The molecule has 7 nitrogen and oxygen atoms in total. The Balaban J connectivity index is 1.39. The maximum atomic E-state index is 4.65. The van der Waals surface area contributed by atoms with Gasteiger partial charge in [0.25, 0.3) is 0 Å². The second kappa shape index (κ2) is 5.17. The summed E-state index contributed by atoms with van der Waals surface area (Å²) in [6.07, 6.45) is 6.96. The molecule has 0 aromatic carbocycles. The van der Waals surface area contributed by atoms with Crippen molar-refractivity contribution in [1.29, 1.82) is 0 Å². The van der Waals surface area contributed by atoms with Crippen LogP contribution in [0.2, 0.25) is 0 Å². The van der Waals surface area contributed by atoms with Crippen molar-refractivity contribution in [2.24, 2.45) is 5.41 Å². The Labute approximate surface area is 141 Å². The van der Waals surface area contributed by atoms with Crippen LogP contribution in [0.1, 0.15) is 48.8 Å². The molecular weight excluding hydrogens is 302 g/mol. The zero-order chi connectivity index (χ0) is 16.1. The summed E-state index contributed by atoms with van der Waals surface area (Å²) in [6, 6.07) is 2.11. The van der Waals surface area contributed by atoms with Crippen LogP contribution in [0.25, 0.3) is 0 Å². The van der Waals surface area contributed by atoms with Crippen molar-refractivity contribution in [1.82, 2.24) is 25.5 Å². The van der Waals surface area contributed by atoms with E-state index in [-0.39, 0.29) is 0 Å². The van der Waals surface area contributed by atoms with Gasteiger partial charge in [0.05, 0.1) is 0 Å². The fraction of sp³-hybridized carbons (Fsp3) is 0.588. The van der Waals surface area contributed by atoms with Crippen molar-refractivity contribution in [3.8, 4) is 0 Å². The highest BCUT2D eigenvalue weighted by Crippen LogP contribution is 2.54. The molecule has 2 aliphatic carbocycles. The molecule has 4 N–H and O–H groups in total. The highest BCUT2D eigenvalue weighted by molar-refractivity contribution is 5.59. The van der Waals surface area contributed by atoms with Crippen molar-refractivity contribution in [2.45, 2.75) is 37.5 Å². The number of rotatable bonds is 5. The summed E-state index contributed by atoms with van der Waals surface area (Å²) in [5.41, 5.74) is 2.97. The van der Waals surface area contributed by atoms with Crippen LogP contribution in [-0.2, 0) is 0 Å². The third-order valence-corrected chi connectivity index (χ3v) is 5.70. The third-order valence-electron chi connectivity index (χ3n) is 5.70. The minimum Gasteiger partial charge on any atom is -0.357 e. The van der Waals surface area contributed by atoms with Crippen molar-refractivity contribution in [3.05, 3.63) is 23.5 Å². The number of H-pyrrole nitrogens is 1. The first-order valence-electron chi connectivity index (χ1n) is 8.82. The Morgan fingerprint density at radius 3 is 2.71 bits per heavy atom. The third kappa shape index (κ3) is 2.34. The van der Waals surface area contributed by atoms with E-state index in [1.165, 1.54) is 36.9 Å². The number of aromatic nitrogens is 4. The van der Waals surface area contributed by atoms with E-state index < -0.39 is 0 Å². The van der Waals surface area contributed by atoms with Crippen LogP contribution in [0, 0.1) is 5.41 Å². The van der Waals surface area contributed by atoms with Crippen LogP contribution >= 0.6 is 0 Å². The normalized spacial score (nSPS) is 22.0. The number of hydrogen-bond donors (Lipinski definition) is 4. The van der Waals surface area contributed by atoms with Crippen molar-refractivity contribution < 1.29 is 0 Å². The molecule has 0 radical (unpaired) electrons. The molecule has 5 rings (SSSR count). The van der Waals surface area contributed by atoms with Gasteiger partial charge in [-0.05, 0) is 37.0 Å². The Morgan fingerprint density at radius 1 is 1.21 bits per heavy atom. The molecule has 3 fully saturated rings. The summed E-state index contributed by atoms with van der Waals surface area (Å²) in [7, 11) is 1.84. The van der Waals surface area contributed by atoms with E-state index in [0.29, 0.717) is 23.2 Å². The molecule has 0 bridgehead atoms. The summed E-state index contributed by atoms with van der Waals surface area (Å²) < 4.78 is 0. The minimum atomic E-state index is 0.537. The summed E-state index contributed by atoms with van der Waals surface area (Å²) in [5, 5.41) is 17.4. The molecule has 24 heavy (non-hydrogen) atoms. The molecule has 2 saturated carbocycles. The molecule has 126 valence electrons. The predicted molar refractivity (Wildman–Crippen MR) is 92.7 cm³/mol. The van der Waals surface area contributed by atoms with Gasteiger partial charge in [-0.1, -0.05) is 0 Å². The van der Waals surface area contributed by atoms with Gasteiger partial charge in [0.2, 0.25) is 5.95 Å². The topological polar surface area (TPSA) is 90.6 Å². The lowest BCUT2D eigenvalue weighted by atomic mass is 9.57. The zero-order valence-corrected chi connectivity index (χ0v) is 13.9. The van der Waals surface area contributed by atoms with Gasteiger partial charge in [-0.15, -0.1) is 0 Å². The van der Waals surface area contributed by atoms with Gasteiger partial charge in [0, 0.05) is 49.6 Å². The predicted octanol–water partition coefficient (Wildman–Crippen LogP) is 2.33. The highest BCUT2D eigenvalue weighted by Gasteiger charge is 2.49. The van der Waals surface area contributed by atoms with Crippen molar-refractivity contribution in [2.75, 3.05) is 30.8 Å². The molecule has 3 aliphatic rings. The highest BCUT2D eigenvalue weighted by atomic mass is 15.2. The summed E-state index contributed by atoms with van der Waals surface area (Å²) in [6.45, 7) is 2.32. The van der Waals surface area contributed by atoms with Crippen molar-refractivity contribution >= 4 is 17.6 Å². The van der Waals surface area contributed by atoms with Crippen molar-refractivity contribution in [3.63, 3.8) is 0 Å². The van der Waals surface area contributed by atoms with E-state index in [2.05, 4.69) is 42.2 Å². The first kappa shape index (κ1) is 14.2. The van der Waals surface area contributed by atoms with Crippen LogP contribution in [0.15, 0.2) is 12.3 Å². The average Bonchev–Trinajstić information content (AvgIpc) is 3.26. The molecule has 0 atom stereocenters. The Hall–Kier alpha value is -2.15. The molecule has 7 heteroatoms. The van der Waals surface area contributed by atoms with Gasteiger partial charge in [-0.2, -0.15) is 10.1 Å². The van der Waals surface area contributed by atoms with Gasteiger partial charge < -0.3 is 16.0 Å². The maximum absolute atomic E-state index is 4.65. The molecule has 1 spiro atoms. The standard InChI is InChI=1S/C17H23N7/c1-18-16-20-7-12(11-5-17(6-11)8-19-9-17)15(22-16)21-14-4-13(23-24-14)10-2-3-10/h4,7,10-11,19H,2-3,5-6,8-9H2,1H3,(H3,18,20,21,22,23,24). The number of anilines is 3. The molecule has 0 unspecified atom stereocenters. The van der Waals surface area contributed by atoms with Gasteiger partial charge >= 0.3 is 0 Å². The monoisotopic (exact) mass is 325 g/mol. The Kier molecular flexibility index (Phi) is 3.06. The maximum Gasteiger partial charge on any atom is 0.224 e. The number of nitrogens with zero attached hydrogens (tertiary/aromatic N) is 3. The van der Waals surface area contributed by atoms with E-state index in [1.807, 2.05) is 13.2 Å². The van der Waals surface area contributed by atoms with Crippen LogP contribution in [0.3, 0.4) is 0 Å². The van der Waals surface area contributed by atoms with E-state index in [4.69, 9.17) is 0 Å². The molecule has 1 saturated heterocycles. The number of aromatic amines is 1. The average molecular weight is 325 g/mol. The second-order valence-corrected chi connectivity index (χ2v) is 7.56. The summed E-state index contributed by atoms with van der Waals surface area (Å²) in [4.78, 5) is 9.08. The van der Waals surface area contributed by atoms with Gasteiger partial charge in [0.1, 0.15) is 5.82 Å². The SMILES string of the molecule is CNc1ncc(C2CC3(CNC3)C2)c(Nc2cc(C3CC3)[nH]n2)n1. The van der Waals surface area contributed by atoms with E-state index >= 15 is 0 Å². The smallest absolute Gasteiger partial charge is 0.224 e. The lowest BCUT2D eigenvalue weighted by molar-refractivity contribution is 0.0363. The molecule has 2 aromatic rings. The summed E-state index contributed by atoms with van der Waals surface area (Å²) >= 11 is 0. The second-order valence-electron chi connectivity index (χ2n) is 7.56. The lowest BCUT2D eigenvalue weighted by Gasteiger charge is -2.54. The van der Waals surface area contributed by atoms with Crippen LogP contribution in [-0.4, -0.2) is 40.3 Å². The first-order chi connectivity index (χ1) is 11.7. The molecule has 0 amide bonds. The Bertz CT molecular complexity index is 752. The van der Waals surface area contributed by atoms with Gasteiger partial charge in [-0.3, -0.25) is 5.10 Å². The molecular formula is C17H23N7. The first-order valence-corrected chi connectivity index (χ1v) is 8.82. The fourth-order valence-corrected chi connectivity index (χ4v) is 4.01. The largest absolute Gasteiger partial charge is 0.357 e. The molecule has 3 heterocycles. The van der Waals surface area contributed by atoms with Gasteiger partial charge in [0.15, 0.2) is 5.82 Å². The quantitative estimate of drug-likeness (QED) is 0.674. The lowest BCUT2D eigenvalue weighted by Crippen LogP contribution is -2.59. The Morgan fingerprint density at radius 2 is 2.04 bits per heavy atom. The minimum absolute atomic E-state index is 0.537. The van der Waals surface area contributed by atoms with Gasteiger partial charge in [-0.25, -0.2) is 4.98 Å². The number of nitrogens with one attached hydrogen (secondary N) is 4. The van der Waals surface area contributed by atoms with Crippen LogP contribution in [0.5, 0.6) is 0 Å². The summed E-state index contributed by atoms with van der Waals surface area (Å²) in [5.74, 6) is 3.58. The van der Waals surface area contributed by atoms with E-state index in [9.17, 15) is 0 Å².